The van der Waals surface area contributed by atoms with Crippen molar-refractivity contribution in [2.24, 2.45) is 0 Å². The molecule has 10 aromatic rings. The van der Waals surface area contributed by atoms with Crippen LogP contribution in [-0.2, 0) is 0 Å². The summed E-state index contributed by atoms with van der Waals surface area (Å²) in [5.41, 5.74) is 15.0. The molecule has 0 unspecified atom stereocenters. The van der Waals surface area contributed by atoms with E-state index in [1.165, 1.54) is 66.3 Å². The first-order chi connectivity index (χ1) is 24.8. The van der Waals surface area contributed by atoms with Crippen molar-refractivity contribution in [3.05, 3.63) is 188 Å². The first-order valence-corrected chi connectivity index (χ1v) is 17.1. The van der Waals surface area contributed by atoms with Crippen LogP contribution in [0.4, 0.5) is 0 Å². The number of fused-ring (bicyclic) bond motifs is 6. The highest BCUT2D eigenvalue weighted by Crippen LogP contribution is 2.38. The van der Waals surface area contributed by atoms with E-state index in [0.717, 1.165) is 27.6 Å². The molecule has 50 heavy (non-hydrogen) atoms. The minimum atomic E-state index is 0.917. The molecule has 0 amide bonds. The van der Waals surface area contributed by atoms with Gasteiger partial charge in [-0.25, -0.2) is 0 Å². The van der Waals surface area contributed by atoms with E-state index in [9.17, 15) is 0 Å². The normalized spacial score (nSPS) is 11.6. The van der Waals surface area contributed by atoms with Crippen molar-refractivity contribution in [3.8, 4) is 50.2 Å². The number of nitrogens with zero attached hydrogens (tertiary/aromatic N) is 1. The number of rotatable bonds is 5. The maximum Gasteiger partial charge on any atom is 0.135 e. The van der Waals surface area contributed by atoms with E-state index in [1.54, 1.807) is 0 Å². The Bertz CT molecular complexity index is 2840. The van der Waals surface area contributed by atoms with Gasteiger partial charge >= 0.3 is 0 Å². The van der Waals surface area contributed by atoms with E-state index < -0.39 is 0 Å². The number of hydrogen-bond donors (Lipinski definition) is 0. The fourth-order valence-electron chi connectivity index (χ4n) is 7.50. The molecule has 2 heteroatoms. The molecule has 0 aliphatic heterocycles. The highest BCUT2D eigenvalue weighted by atomic mass is 16.3. The minimum absolute atomic E-state index is 0.917. The van der Waals surface area contributed by atoms with E-state index in [0.29, 0.717) is 0 Å². The van der Waals surface area contributed by atoms with E-state index in [-0.39, 0.29) is 0 Å². The smallest absolute Gasteiger partial charge is 0.135 e. The molecule has 10 rings (SSSR count). The Morgan fingerprint density at radius 2 is 0.800 bits per heavy atom. The molecule has 2 nitrogen and oxygen atoms in total. The zero-order valence-electron chi connectivity index (χ0n) is 27.3. The van der Waals surface area contributed by atoms with Crippen LogP contribution in [0.3, 0.4) is 0 Å². The van der Waals surface area contributed by atoms with Crippen LogP contribution < -0.4 is 0 Å². The maximum absolute atomic E-state index is 6.07. The van der Waals surface area contributed by atoms with Crippen molar-refractivity contribution in [1.82, 2.24) is 4.57 Å². The van der Waals surface area contributed by atoms with Crippen molar-refractivity contribution < 1.29 is 4.42 Å². The molecule has 0 fully saturated rings. The van der Waals surface area contributed by atoms with Gasteiger partial charge in [0.15, 0.2) is 0 Å². The number of para-hydroxylation sites is 1. The van der Waals surface area contributed by atoms with Crippen LogP contribution in [0.2, 0.25) is 0 Å². The van der Waals surface area contributed by atoms with Crippen LogP contribution in [-0.4, -0.2) is 4.57 Å². The Hall–Kier alpha value is -6.64. The van der Waals surface area contributed by atoms with Crippen LogP contribution in [0.5, 0.6) is 0 Å². The van der Waals surface area contributed by atoms with Gasteiger partial charge in [-0.3, -0.25) is 0 Å². The molecule has 234 valence electrons. The summed E-state index contributed by atoms with van der Waals surface area (Å²) < 4.78 is 8.49. The van der Waals surface area contributed by atoms with Gasteiger partial charge in [0.1, 0.15) is 11.2 Å². The summed E-state index contributed by atoms with van der Waals surface area (Å²) >= 11 is 0. The third-order valence-corrected chi connectivity index (χ3v) is 10.0. The van der Waals surface area contributed by atoms with Gasteiger partial charge in [-0.1, -0.05) is 140 Å². The van der Waals surface area contributed by atoms with E-state index in [4.69, 9.17) is 4.42 Å². The second-order valence-electron chi connectivity index (χ2n) is 13.0. The van der Waals surface area contributed by atoms with Gasteiger partial charge in [0, 0.05) is 27.2 Å². The molecule has 0 spiro atoms. The van der Waals surface area contributed by atoms with E-state index in [2.05, 4.69) is 180 Å². The predicted molar refractivity (Wildman–Crippen MR) is 210 cm³/mol. The van der Waals surface area contributed by atoms with E-state index >= 15 is 0 Å². The molecular formula is C48H31NO. The first-order valence-electron chi connectivity index (χ1n) is 17.1. The second-order valence-corrected chi connectivity index (χ2v) is 13.0. The highest BCUT2D eigenvalue weighted by molar-refractivity contribution is 6.11. The average Bonchev–Trinajstić information content (AvgIpc) is 3.73. The molecule has 0 bridgehead atoms. The lowest BCUT2D eigenvalue weighted by Gasteiger charge is -2.12. The quantitative estimate of drug-likeness (QED) is 0.184. The molecule has 2 aromatic heterocycles. The third kappa shape index (κ3) is 4.73. The van der Waals surface area contributed by atoms with Crippen molar-refractivity contribution in [2.75, 3.05) is 0 Å². The third-order valence-electron chi connectivity index (χ3n) is 10.0. The van der Waals surface area contributed by atoms with Gasteiger partial charge in [-0.2, -0.15) is 0 Å². The largest absolute Gasteiger partial charge is 0.456 e. The summed E-state index contributed by atoms with van der Waals surface area (Å²) in [4.78, 5) is 0. The Morgan fingerprint density at radius 1 is 0.280 bits per heavy atom. The maximum atomic E-state index is 6.07. The Morgan fingerprint density at radius 3 is 1.54 bits per heavy atom. The van der Waals surface area contributed by atoms with Crippen molar-refractivity contribution >= 4 is 43.7 Å². The molecule has 0 saturated heterocycles. The summed E-state index contributed by atoms with van der Waals surface area (Å²) in [6.07, 6.45) is 0. The fraction of sp³-hybridized carbons (Fsp3) is 0. The summed E-state index contributed by atoms with van der Waals surface area (Å²) in [5.74, 6) is 0. The van der Waals surface area contributed by atoms with Crippen LogP contribution in [0.15, 0.2) is 192 Å². The SMILES string of the molecule is c1ccc(-c2ccc3c(c2)c2ccc(-c4ccccc4)cc2n3-c2cccc(-c3ccc(-c4ccc5oc6ccccc6c5c4)cc3)c2)cc1. The monoisotopic (exact) mass is 637 g/mol. The zero-order valence-corrected chi connectivity index (χ0v) is 27.3. The lowest BCUT2D eigenvalue weighted by molar-refractivity contribution is 0.669. The van der Waals surface area contributed by atoms with Gasteiger partial charge in [0.2, 0.25) is 0 Å². The summed E-state index contributed by atoms with van der Waals surface area (Å²) in [6.45, 7) is 0. The molecule has 0 saturated carbocycles. The minimum Gasteiger partial charge on any atom is -0.456 e. The average molecular weight is 638 g/mol. The topological polar surface area (TPSA) is 18.1 Å². The van der Waals surface area contributed by atoms with Crippen LogP contribution >= 0.6 is 0 Å². The molecule has 0 atom stereocenters. The Labute approximate surface area is 290 Å². The van der Waals surface area contributed by atoms with Crippen LogP contribution in [0.1, 0.15) is 0 Å². The summed E-state index contributed by atoms with van der Waals surface area (Å²) in [5, 5.41) is 4.79. The molecule has 0 aliphatic rings. The van der Waals surface area contributed by atoms with Crippen molar-refractivity contribution in [2.45, 2.75) is 0 Å². The van der Waals surface area contributed by atoms with E-state index in [1.807, 2.05) is 12.1 Å². The number of hydrogen-bond acceptors (Lipinski definition) is 1. The van der Waals surface area contributed by atoms with Gasteiger partial charge in [0.05, 0.1) is 11.0 Å². The number of furan rings is 1. The lowest BCUT2D eigenvalue weighted by Crippen LogP contribution is -1.95. The van der Waals surface area contributed by atoms with Gasteiger partial charge in [-0.05, 0) is 93.0 Å². The van der Waals surface area contributed by atoms with Crippen molar-refractivity contribution in [1.29, 1.82) is 0 Å². The molecule has 0 N–H and O–H groups in total. The van der Waals surface area contributed by atoms with Crippen LogP contribution in [0.25, 0.3) is 93.9 Å². The molecule has 0 radical (unpaired) electrons. The molecule has 2 heterocycles. The van der Waals surface area contributed by atoms with Gasteiger partial charge < -0.3 is 8.98 Å². The Balaban J connectivity index is 1.08. The summed E-state index contributed by atoms with van der Waals surface area (Å²) in [6, 6.07) is 67.6. The van der Waals surface area contributed by atoms with Gasteiger partial charge in [0.25, 0.3) is 0 Å². The molecular weight excluding hydrogens is 607 g/mol. The van der Waals surface area contributed by atoms with Crippen molar-refractivity contribution in [3.63, 3.8) is 0 Å². The lowest BCUT2D eigenvalue weighted by atomic mass is 9.99. The fourth-order valence-corrected chi connectivity index (χ4v) is 7.50. The Kier molecular flexibility index (Phi) is 6.53. The first kappa shape index (κ1) is 28.4. The number of benzene rings is 8. The molecule has 8 aromatic carbocycles. The van der Waals surface area contributed by atoms with Gasteiger partial charge in [-0.15, -0.1) is 0 Å². The highest BCUT2D eigenvalue weighted by Gasteiger charge is 2.16. The standard InChI is InChI=1S/C48H31NO/c1-3-10-32(11-4-1)37-23-26-45-43(29-37)41-25-22-39(33-12-5-2-6-13-33)31-46(41)49(45)40-15-9-14-36(28-40)34-18-20-35(21-19-34)38-24-27-48-44(30-38)42-16-7-8-17-47(42)50-48/h1-31H. The zero-order chi connectivity index (χ0) is 33.0. The van der Waals surface area contributed by atoms with Crippen LogP contribution in [0, 0.1) is 0 Å². The number of aromatic nitrogens is 1. The predicted octanol–water partition coefficient (Wildman–Crippen LogP) is 13.4. The molecule has 0 aliphatic carbocycles. The summed E-state index contributed by atoms with van der Waals surface area (Å²) in [7, 11) is 0. The second kappa shape index (κ2) is 11.5.